The lowest BCUT2D eigenvalue weighted by molar-refractivity contribution is -0.936. The Balaban J connectivity index is 0.000000208. The van der Waals surface area contributed by atoms with Crippen LogP contribution in [0.4, 0.5) is 0 Å². The maximum atomic E-state index is 12.0. The molecule has 0 aromatic heterocycles. The van der Waals surface area contributed by atoms with Crippen LogP contribution >= 0.6 is 0 Å². The maximum absolute atomic E-state index is 12.0. The first-order valence-electron chi connectivity index (χ1n) is 10.8. The van der Waals surface area contributed by atoms with Gasteiger partial charge in [0.25, 0.3) is 0 Å². The predicted octanol–water partition coefficient (Wildman–Crippen LogP) is 3.99. The third-order valence-corrected chi connectivity index (χ3v) is 9.32. The van der Waals surface area contributed by atoms with Gasteiger partial charge < -0.3 is 9.04 Å². The van der Waals surface area contributed by atoms with Gasteiger partial charge in [0.2, 0.25) is 0 Å². The van der Waals surface area contributed by atoms with Crippen molar-refractivity contribution in [3.8, 4) is 0 Å². The van der Waals surface area contributed by atoms with Gasteiger partial charge in [-0.25, -0.2) is 8.42 Å². The van der Waals surface area contributed by atoms with Gasteiger partial charge in [0.05, 0.1) is 19.6 Å². The second-order valence-corrected chi connectivity index (χ2v) is 10.9. The number of rotatable bonds is 6. The van der Waals surface area contributed by atoms with Crippen molar-refractivity contribution in [2.24, 2.45) is 16.7 Å². The minimum absolute atomic E-state index is 0.294. The Hall–Kier alpha value is -1.24. The van der Waals surface area contributed by atoms with E-state index in [4.69, 9.17) is 0 Å². The fourth-order valence-corrected chi connectivity index (χ4v) is 6.71. The molecule has 0 N–H and O–H groups in total. The molecule has 29 heavy (non-hydrogen) atoms. The minimum atomic E-state index is -4.49. The molecule has 2 aliphatic rings. The Morgan fingerprint density at radius 2 is 1.55 bits per heavy atom. The van der Waals surface area contributed by atoms with Crippen molar-refractivity contribution in [2.75, 3.05) is 19.6 Å². The second-order valence-electron chi connectivity index (χ2n) is 9.41. The zero-order chi connectivity index (χ0) is 22.1. The van der Waals surface area contributed by atoms with Gasteiger partial charge in [-0.3, -0.25) is 4.79 Å². The summed E-state index contributed by atoms with van der Waals surface area (Å²) in [5.74, 6) is -0.656. The van der Waals surface area contributed by atoms with Gasteiger partial charge in [0.1, 0.15) is 21.9 Å². The van der Waals surface area contributed by atoms with Crippen LogP contribution in [0, 0.1) is 16.7 Å². The van der Waals surface area contributed by atoms with E-state index in [0.717, 1.165) is 0 Å². The molecule has 0 saturated heterocycles. The van der Waals surface area contributed by atoms with Crippen molar-refractivity contribution in [2.45, 2.75) is 66.2 Å². The first-order valence-corrected chi connectivity index (χ1v) is 12.2. The van der Waals surface area contributed by atoms with Crippen molar-refractivity contribution in [3.05, 3.63) is 35.9 Å². The highest BCUT2D eigenvalue weighted by molar-refractivity contribution is 7.87. The van der Waals surface area contributed by atoms with Crippen LogP contribution < -0.4 is 0 Å². The summed E-state index contributed by atoms with van der Waals surface area (Å²) in [4.78, 5) is 12.0. The van der Waals surface area contributed by atoms with E-state index in [0.29, 0.717) is 12.8 Å². The molecule has 0 heterocycles. The zero-order valence-electron chi connectivity index (χ0n) is 18.8. The molecule has 0 amide bonds. The molecule has 0 aliphatic heterocycles. The number of fused-ring (bicyclic) bond motifs is 2. The Bertz CT molecular complexity index is 806. The topological polar surface area (TPSA) is 74.3 Å². The van der Waals surface area contributed by atoms with Crippen LogP contribution in [0.3, 0.4) is 0 Å². The molecule has 2 fully saturated rings. The molecule has 3 unspecified atom stereocenters. The highest BCUT2D eigenvalue weighted by Gasteiger charge is 2.67. The van der Waals surface area contributed by atoms with E-state index in [9.17, 15) is 17.8 Å². The summed E-state index contributed by atoms with van der Waals surface area (Å²) in [6.45, 7) is 17.3. The number of carbonyl (C=O) groups excluding carboxylic acids is 1. The monoisotopic (exact) mass is 423 g/mol. The molecule has 0 radical (unpaired) electrons. The standard InChI is InChI=1S/C13H22N.C10H16O4S/c1-4-14(5-2,6-3)12-13-10-8-7-9-11-13;1-9(2)6-4-5-10(9,3)8(11)7(6)15(12,13)14/h7-11H,4-6,12H2,1-3H3;6-7H,4-5H2,1-3H3,(H,12,13,14)/q+1;/p-1. The fraction of sp³-hybridized carbons (Fsp3) is 0.696. The molecule has 2 bridgehead atoms. The van der Waals surface area contributed by atoms with Crippen LogP contribution in [0.1, 0.15) is 59.9 Å². The van der Waals surface area contributed by atoms with Crippen molar-refractivity contribution >= 4 is 15.9 Å². The Labute approximate surface area is 176 Å². The largest absolute Gasteiger partial charge is 0.747 e. The molecule has 6 heteroatoms. The van der Waals surface area contributed by atoms with Gasteiger partial charge in [-0.05, 0) is 44.9 Å². The van der Waals surface area contributed by atoms with Crippen molar-refractivity contribution in [1.82, 2.24) is 0 Å². The second kappa shape index (κ2) is 8.48. The summed E-state index contributed by atoms with van der Waals surface area (Å²) in [6.07, 6.45) is 1.37. The summed E-state index contributed by atoms with van der Waals surface area (Å²) in [5, 5.41) is -1.30. The van der Waals surface area contributed by atoms with E-state index in [-0.39, 0.29) is 17.1 Å². The number of hydrogen-bond donors (Lipinski definition) is 0. The third kappa shape index (κ3) is 4.30. The molecule has 2 saturated carbocycles. The van der Waals surface area contributed by atoms with Crippen LogP contribution in [0.25, 0.3) is 0 Å². The molecular formula is C23H37NO4S. The predicted molar refractivity (Wildman–Crippen MR) is 115 cm³/mol. The Morgan fingerprint density at radius 1 is 1.03 bits per heavy atom. The molecule has 5 nitrogen and oxygen atoms in total. The number of Topliss-reactive ketones (excluding diaryl/α,β-unsaturated/α-hetero) is 1. The first-order chi connectivity index (χ1) is 13.4. The summed E-state index contributed by atoms with van der Waals surface area (Å²) in [7, 11) is -4.49. The van der Waals surface area contributed by atoms with Crippen molar-refractivity contribution in [3.63, 3.8) is 0 Å². The van der Waals surface area contributed by atoms with Crippen LogP contribution in [0.15, 0.2) is 30.3 Å². The van der Waals surface area contributed by atoms with Crippen LogP contribution in [0.2, 0.25) is 0 Å². The quantitative estimate of drug-likeness (QED) is 0.512. The molecule has 1 aromatic rings. The van der Waals surface area contributed by atoms with Crippen LogP contribution in [-0.2, 0) is 21.5 Å². The number of nitrogens with zero attached hydrogens (tertiary/aromatic N) is 1. The van der Waals surface area contributed by atoms with Crippen LogP contribution in [0.5, 0.6) is 0 Å². The molecule has 1 aromatic carbocycles. The van der Waals surface area contributed by atoms with E-state index < -0.39 is 20.8 Å². The van der Waals surface area contributed by atoms with Crippen LogP contribution in [-0.4, -0.2) is 48.1 Å². The van der Waals surface area contributed by atoms with Crippen molar-refractivity contribution < 1.29 is 22.2 Å². The molecule has 3 atom stereocenters. The molecule has 3 rings (SSSR count). The number of hydrogen-bond acceptors (Lipinski definition) is 4. The third-order valence-electron chi connectivity index (χ3n) is 8.16. The number of benzene rings is 1. The lowest BCUT2D eigenvalue weighted by atomic mass is 9.70. The smallest absolute Gasteiger partial charge is 0.156 e. The van der Waals surface area contributed by atoms with Crippen molar-refractivity contribution in [1.29, 1.82) is 0 Å². The van der Waals surface area contributed by atoms with Gasteiger partial charge in [-0.2, -0.15) is 0 Å². The number of quaternary nitrogens is 1. The lowest BCUT2D eigenvalue weighted by Crippen LogP contribution is -2.46. The lowest BCUT2D eigenvalue weighted by Gasteiger charge is -2.35. The van der Waals surface area contributed by atoms with Gasteiger partial charge in [0.15, 0.2) is 5.78 Å². The summed E-state index contributed by atoms with van der Waals surface area (Å²) in [6, 6.07) is 10.8. The highest BCUT2D eigenvalue weighted by atomic mass is 32.2. The van der Waals surface area contributed by atoms with E-state index in [1.165, 1.54) is 36.2 Å². The average molecular weight is 424 g/mol. The van der Waals surface area contributed by atoms with Gasteiger partial charge in [0, 0.05) is 11.0 Å². The van der Waals surface area contributed by atoms with E-state index in [1.54, 1.807) is 6.92 Å². The molecular weight excluding hydrogens is 386 g/mol. The molecule has 164 valence electrons. The minimum Gasteiger partial charge on any atom is -0.747 e. The number of carbonyl (C=O) groups is 1. The summed E-state index contributed by atoms with van der Waals surface area (Å²) < 4.78 is 34.5. The SMILES string of the molecule is CC12CCC(C(S(=O)(=O)[O-])C1=O)C2(C)C.CC[N+](CC)(CC)Cc1ccccc1. The van der Waals surface area contributed by atoms with E-state index >= 15 is 0 Å². The summed E-state index contributed by atoms with van der Waals surface area (Å²) >= 11 is 0. The summed E-state index contributed by atoms with van der Waals surface area (Å²) in [5.41, 5.74) is 0.463. The number of ketones is 1. The normalized spacial score (nSPS) is 28.2. The fourth-order valence-electron chi connectivity index (χ4n) is 5.31. The highest BCUT2D eigenvalue weighted by Crippen LogP contribution is 2.64. The maximum Gasteiger partial charge on any atom is 0.156 e. The Kier molecular flexibility index (Phi) is 7.03. The van der Waals surface area contributed by atoms with Gasteiger partial charge in [-0.15, -0.1) is 0 Å². The Morgan fingerprint density at radius 3 is 1.90 bits per heavy atom. The van der Waals surface area contributed by atoms with E-state index in [1.807, 2.05) is 13.8 Å². The molecule has 0 spiro atoms. The van der Waals surface area contributed by atoms with E-state index in [2.05, 4.69) is 51.1 Å². The average Bonchev–Trinajstić information content (AvgIpc) is 2.99. The van der Waals surface area contributed by atoms with Gasteiger partial charge in [-0.1, -0.05) is 51.1 Å². The molecule has 2 aliphatic carbocycles. The van der Waals surface area contributed by atoms with Gasteiger partial charge >= 0.3 is 0 Å². The first kappa shape index (κ1) is 24.0. The zero-order valence-corrected chi connectivity index (χ0v) is 19.6.